The molecular formula is C44H58F2N8O12S. The van der Waals surface area contributed by atoms with E-state index in [9.17, 15) is 58.1 Å². The molecule has 0 aliphatic rings. The number of nitrogens with two attached hydrogens (primary N) is 3. The van der Waals surface area contributed by atoms with Crippen LogP contribution in [-0.2, 0) is 44.9 Å². The van der Waals surface area contributed by atoms with E-state index in [4.69, 9.17) is 22.3 Å². The zero-order valence-electron chi connectivity index (χ0n) is 37.2. The van der Waals surface area contributed by atoms with Gasteiger partial charge >= 0.3 is 17.9 Å². The lowest BCUT2D eigenvalue weighted by atomic mass is 9.82. The van der Waals surface area contributed by atoms with Gasteiger partial charge in [0, 0.05) is 67.8 Å². The van der Waals surface area contributed by atoms with Gasteiger partial charge < -0.3 is 62.6 Å². The number of primary amides is 1. The van der Waals surface area contributed by atoms with Crippen molar-refractivity contribution in [3.63, 3.8) is 0 Å². The molecule has 67 heavy (non-hydrogen) atoms. The first-order valence-electron chi connectivity index (χ1n) is 21.0. The van der Waals surface area contributed by atoms with Crippen molar-refractivity contribution in [2.45, 2.75) is 82.4 Å². The molecule has 3 aromatic rings. The first-order valence-corrected chi connectivity index (χ1v) is 22.0. The zero-order valence-corrected chi connectivity index (χ0v) is 38.0. The van der Waals surface area contributed by atoms with Crippen molar-refractivity contribution in [3.8, 4) is 11.1 Å². The third kappa shape index (κ3) is 16.7. The molecule has 3 rings (SSSR count). The summed E-state index contributed by atoms with van der Waals surface area (Å²) in [4.78, 5) is 102. The number of carboxylic acids is 3. The second-order valence-electron chi connectivity index (χ2n) is 16.6. The summed E-state index contributed by atoms with van der Waals surface area (Å²) in [5, 5.41) is 41.3. The summed E-state index contributed by atoms with van der Waals surface area (Å²) >= 11 is 0.597. The van der Waals surface area contributed by atoms with Gasteiger partial charge in [-0.15, -0.1) is 11.8 Å². The van der Waals surface area contributed by atoms with Crippen molar-refractivity contribution in [1.82, 2.24) is 25.0 Å². The normalized spacial score (nSPS) is 13.6. The summed E-state index contributed by atoms with van der Waals surface area (Å²) in [6.45, 7) is 3.03. The van der Waals surface area contributed by atoms with Crippen molar-refractivity contribution in [2.75, 3.05) is 38.5 Å². The smallest absolute Gasteiger partial charge is 0.321 e. The Morgan fingerprint density at radius 2 is 1.51 bits per heavy atom. The van der Waals surface area contributed by atoms with Gasteiger partial charge in [-0.05, 0) is 48.1 Å². The van der Waals surface area contributed by atoms with E-state index in [1.54, 1.807) is 16.8 Å². The number of rotatable bonds is 27. The molecule has 5 amide bonds. The summed E-state index contributed by atoms with van der Waals surface area (Å²) in [5.74, 6) is -10.3. The van der Waals surface area contributed by atoms with E-state index >= 15 is 4.39 Å². The van der Waals surface area contributed by atoms with Gasteiger partial charge in [0.15, 0.2) is 0 Å². The van der Waals surface area contributed by atoms with Crippen LogP contribution in [0.25, 0.3) is 11.1 Å². The maximum Gasteiger partial charge on any atom is 0.321 e. The monoisotopic (exact) mass is 960 g/mol. The number of nitrogens with zero attached hydrogens (tertiary/aromatic N) is 3. The highest BCUT2D eigenvalue weighted by atomic mass is 32.2. The van der Waals surface area contributed by atoms with Gasteiger partial charge in [0.2, 0.25) is 29.5 Å². The fourth-order valence-corrected chi connectivity index (χ4v) is 8.13. The molecule has 5 unspecified atom stereocenters. The van der Waals surface area contributed by atoms with E-state index in [0.29, 0.717) is 23.0 Å². The number of carbonyl (C=O) groups excluding carboxylic acids is 5. The van der Waals surface area contributed by atoms with E-state index < -0.39 is 133 Å². The Kier molecular flexibility index (Phi) is 20.9. The summed E-state index contributed by atoms with van der Waals surface area (Å²) in [7, 11) is 0. The minimum atomic E-state index is -1.53. The van der Waals surface area contributed by atoms with Gasteiger partial charge in [-0.1, -0.05) is 51.1 Å². The topological polar surface area (TPSA) is 331 Å². The van der Waals surface area contributed by atoms with Gasteiger partial charge in [-0.3, -0.25) is 38.4 Å². The number of hydrogen-bond donors (Lipinski definition) is 9. The number of benzene rings is 2. The number of aliphatic carboxylic acids is 3. The number of carboxylic acid groups (broad SMARTS) is 3. The minimum absolute atomic E-state index is 0.0192. The predicted molar refractivity (Wildman–Crippen MR) is 241 cm³/mol. The van der Waals surface area contributed by atoms with Gasteiger partial charge in [-0.25, -0.2) is 8.78 Å². The van der Waals surface area contributed by atoms with Crippen molar-refractivity contribution in [3.05, 3.63) is 83.7 Å². The molecule has 1 aromatic heterocycles. The number of carbonyl (C=O) groups is 8. The van der Waals surface area contributed by atoms with Crippen LogP contribution < -0.4 is 27.8 Å². The molecule has 0 spiro atoms. The molecule has 1 heterocycles. The number of amides is 5. The van der Waals surface area contributed by atoms with Crippen LogP contribution in [0.3, 0.4) is 0 Å². The van der Waals surface area contributed by atoms with E-state index in [-0.39, 0.29) is 37.4 Å². The lowest BCUT2D eigenvalue weighted by Crippen LogP contribution is -2.54. The maximum absolute atomic E-state index is 15.1. The van der Waals surface area contributed by atoms with E-state index in [0.717, 1.165) is 28.7 Å². The fraction of sp³-hybridized carbons (Fsp3) is 0.455. The molecule has 0 radical (unpaired) electrons. The highest BCUT2D eigenvalue weighted by Crippen LogP contribution is 2.41. The summed E-state index contributed by atoms with van der Waals surface area (Å²) in [5.41, 5.74) is 18.2. The Labute approximate surface area is 389 Å². The Balaban J connectivity index is 1.82. The third-order valence-corrected chi connectivity index (χ3v) is 11.8. The molecule has 20 nitrogen and oxygen atoms in total. The maximum atomic E-state index is 15.1. The molecule has 23 heteroatoms. The Bertz CT molecular complexity index is 2240. The molecule has 2 aromatic carbocycles. The van der Waals surface area contributed by atoms with Crippen LogP contribution in [0.1, 0.15) is 63.8 Å². The van der Waals surface area contributed by atoms with Crippen molar-refractivity contribution in [1.29, 1.82) is 0 Å². The predicted octanol–water partition coefficient (Wildman–Crippen LogP) is 0.875. The van der Waals surface area contributed by atoms with Gasteiger partial charge in [0.1, 0.15) is 35.6 Å². The fourth-order valence-electron chi connectivity index (χ4n) is 7.13. The van der Waals surface area contributed by atoms with Gasteiger partial charge in [0.25, 0.3) is 0 Å². The standard InChI is InChI=1S/C44H58F2N8O12S/c1-44(2,3)39(33-17-26(28-18-27(45)9-10-29(28)46)22-52(33)21-25-7-5-4-6-8-25)54(37(58)23-55)15-13-30(47)41(62)50-14-16-53(32(40(49)61)11-12-38(59)60)36(57)20-51-35(56)19-34(43(65)66)67-24-31(48)42(63)64/h4-10,17-18,22,30-32,34,39,55H,11-16,19-21,23-24,47-48H2,1-3H3,(H2,49,61)(H,50,62)(H,51,56)(H,59,60)(H,63,64)(H,65,66). The van der Waals surface area contributed by atoms with Gasteiger partial charge in [0.05, 0.1) is 18.6 Å². The molecule has 0 saturated carbocycles. The molecule has 0 bridgehead atoms. The molecule has 0 saturated heterocycles. The van der Waals surface area contributed by atoms with E-state index in [1.165, 1.54) is 4.90 Å². The first kappa shape index (κ1) is 54.9. The summed E-state index contributed by atoms with van der Waals surface area (Å²) in [6.07, 6.45) is -0.278. The first-order chi connectivity index (χ1) is 31.4. The largest absolute Gasteiger partial charge is 0.481 e. The number of halogens is 2. The van der Waals surface area contributed by atoms with Crippen LogP contribution in [0.2, 0.25) is 0 Å². The number of hydrogen-bond acceptors (Lipinski definition) is 12. The van der Waals surface area contributed by atoms with Gasteiger partial charge in [-0.2, -0.15) is 0 Å². The molecule has 366 valence electrons. The molecule has 0 fully saturated rings. The number of aromatic nitrogens is 1. The summed E-state index contributed by atoms with van der Waals surface area (Å²) in [6, 6.07) is 8.86. The van der Waals surface area contributed by atoms with Crippen LogP contribution in [0.5, 0.6) is 0 Å². The lowest BCUT2D eigenvalue weighted by molar-refractivity contribution is -0.142. The molecule has 0 aliphatic carbocycles. The van der Waals surface area contributed by atoms with E-state index in [1.807, 2.05) is 51.1 Å². The average Bonchev–Trinajstić information content (AvgIpc) is 3.66. The molecule has 12 N–H and O–H groups in total. The number of nitrogens with one attached hydrogen (secondary N) is 2. The van der Waals surface area contributed by atoms with E-state index in [2.05, 4.69) is 10.6 Å². The molecule has 0 aliphatic heterocycles. The Hall–Kier alpha value is -6.43. The summed E-state index contributed by atoms with van der Waals surface area (Å²) < 4.78 is 31.3. The highest BCUT2D eigenvalue weighted by Gasteiger charge is 2.38. The van der Waals surface area contributed by atoms with Crippen LogP contribution in [0.4, 0.5) is 8.78 Å². The van der Waals surface area contributed by atoms with Crippen molar-refractivity contribution < 1.29 is 67.6 Å². The SMILES string of the molecule is CC(C)(C)C(c1cc(-c2cc(F)ccc2F)cn1Cc1ccccc1)N(CCC(N)C(=O)NCCN(C(=O)CNC(=O)CC(SCC(N)C(=O)O)C(=O)O)C(CCC(=O)O)C(N)=O)C(=O)CO. The second kappa shape index (κ2) is 25.5. The Morgan fingerprint density at radius 1 is 0.836 bits per heavy atom. The van der Waals surface area contributed by atoms with Crippen LogP contribution in [-0.4, -0.2) is 144 Å². The number of aliphatic hydroxyl groups excluding tert-OH is 1. The highest BCUT2D eigenvalue weighted by molar-refractivity contribution is 8.00. The second-order valence-corrected chi connectivity index (χ2v) is 17.9. The van der Waals surface area contributed by atoms with Crippen LogP contribution in [0.15, 0.2) is 60.8 Å². The third-order valence-electron chi connectivity index (χ3n) is 10.4. The molecule has 5 atom stereocenters. The lowest BCUT2D eigenvalue weighted by Gasteiger charge is -2.41. The zero-order chi connectivity index (χ0) is 50.2. The van der Waals surface area contributed by atoms with Crippen LogP contribution in [0, 0.1) is 17.0 Å². The minimum Gasteiger partial charge on any atom is -0.481 e. The number of thioether (sulfide) groups is 1. The quantitative estimate of drug-likeness (QED) is 0.0512. The van der Waals surface area contributed by atoms with Crippen LogP contribution >= 0.6 is 11.8 Å². The van der Waals surface area contributed by atoms with Crippen molar-refractivity contribution in [2.24, 2.45) is 22.6 Å². The van der Waals surface area contributed by atoms with Crippen molar-refractivity contribution >= 4 is 59.2 Å². The Morgan fingerprint density at radius 3 is 2.09 bits per heavy atom. The number of aliphatic hydroxyl groups is 1. The molecular weight excluding hydrogens is 903 g/mol. The average molecular weight is 961 g/mol.